The van der Waals surface area contributed by atoms with Crippen LogP contribution in [0.1, 0.15) is 37.5 Å². The van der Waals surface area contributed by atoms with E-state index in [1.54, 1.807) is 0 Å². The molecule has 0 saturated heterocycles. The lowest BCUT2D eigenvalue weighted by Crippen LogP contribution is -2.25. The van der Waals surface area contributed by atoms with Crippen molar-refractivity contribution in [2.24, 2.45) is 0 Å². The maximum atomic E-state index is 5.94. The van der Waals surface area contributed by atoms with Gasteiger partial charge < -0.3 is 9.73 Å². The number of aryl methyl sites for hydroxylation is 2. The van der Waals surface area contributed by atoms with Gasteiger partial charge in [-0.1, -0.05) is 31.5 Å². The minimum absolute atomic E-state index is 0.601. The summed E-state index contributed by atoms with van der Waals surface area (Å²) in [5, 5.41) is 4.60. The van der Waals surface area contributed by atoms with Crippen LogP contribution in [0.5, 0.6) is 0 Å². The van der Waals surface area contributed by atoms with Gasteiger partial charge in [-0.3, -0.25) is 0 Å². The summed E-state index contributed by atoms with van der Waals surface area (Å²) < 4.78 is 5.94. The van der Waals surface area contributed by atoms with Crippen molar-refractivity contribution in [3.63, 3.8) is 0 Å². The fourth-order valence-corrected chi connectivity index (χ4v) is 2.48. The van der Waals surface area contributed by atoms with Gasteiger partial charge >= 0.3 is 0 Å². The Morgan fingerprint density at radius 2 is 2.11 bits per heavy atom. The van der Waals surface area contributed by atoms with Gasteiger partial charge in [-0.25, -0.2) is 0 Å². The van der Waals surface area contributed by atoms with Crippen molar-refractivity contribution in [3.05, 3.63) is 35.6 Å². The quantitative estimate of drug-likeness (QED) is 0.830. The minimum atomic E-state index is 0.601. The summed E-state index contributed by atoms with van der Waals surface area (Å²) in [5.74, 6) is 1.11. The van der Waals surface area contributed by atoms with Gasteiger partial charge in [0.05, 0.1) is 0 Å². The standard InChI is InChI=1S/C16H23NO/c1-4-6-14(17-3)9-10-15-11-13-8-5-7-12(2)16(13)18-15/h5,7-8,11,14,17H,4,6,9-10H2,1-3H3. The molecule has 2 rings (SSSR count). The molecule has 0 fully saturated rings. The van der Waals surface area contributed by atoms with Crippen LogP contribution in [0, 0.1) is 6.92 Å². The van der Waals surface area contributed by atoms with Crippen molar-refractivity contribution in [2.75, 3.05) is 7.05 Å². The highest BCUT2D eigenvalue weighted by atomic mass is 16.3. The van der Waals surface area contributed by atoms with Crippen LogP contribution in [0.2, 0.25) is 0 Å². The minimum Gasteiger partial charge on any atom is -0.461 e. The Morgan fingerprint density at radius 1 is 1.28 bits per heavy atom. The van der Waals surface area contributed by atoms with Crippen LogP contribution in [0.15, 0.2) is 28.7 Å². The first kappa shape index (κ1) is 13.2. The second-order valence-electron chi connectivity index (χ2n) is 5.02. The highest BCUT2D eigenvalue weighted by Crippen LogP contribution is 2.23. The van der Waals surface area contributed by atoms with E-state index < -0.39 is 0 Å². The first-order valence-electron chi connectivity index (χ1n) is 6.90. The van der Waals surface area contributed by atoms with Gasteiger partial charge in [-0.15, -0.1) is 0 Å². The van der Waals surface area contributed by atoms with E-state index in [1.807, 2.05) is 7.05 Å². The van der Waals surface area contributed by atoms with Crippen molar-refractivity contribution in [1.82, 2.24) is 5.32 Å². The molecule has 0 aliphatic rings. The van der Waals surface area contributed by atoms with Gasteiger partial charge in [0.15, 0.2) is 0 Å². The number of fused-ring (bicyclic) bond motifs is 1. The summed E-state index contributed by atoms with van der Waals surface area (Å²) in [7, 11) is 2.04. The number of hydrogen-bond donors (Lipinski definition) is 1. The van der Waals surface area contributed by atoms with Gasteiger partial charge in [-0.05, 0) is 38.4 Å². The molecule has 2 heteroatoms. The molecule has 1 unspecified atom stereocenters. The third-order valence-electron chi connectivity index (χ3n) is 3.58. The molecule has 0 saturated carbocycles. The van der Waals surface area contributed by atoms with E-state index >= 15 is 0 Å². The maximum Gasteiger partial charge on any atom is 0.137 e. The van der Waals surface area contributed by atoms with E-state index in [9.17, 15) is 0 Å². The first-order chi connectivity index (χ1) is 8.74. The van der Waals surface area contributed by atoms with E-state index in [0.29, 0.717) is 6.04 Å². The third kappa shape index (κ3) is 2.94. The van der Waals surface area contributed by atoms with Crippen molar-refractivity contribution in [1.29, 1.82) is 0 Å². The van der Waals surface area contributed by atoms with Crippen molar-refractivity contribution in [3.8, 4) is 0 Å². The molecule has 0 radical (unpaired) electrons. The van der Waals surface area contributed by atoms with Crippen molar-refractivity contribution < 1.29 is 4.42 Å². The molecule has 2 aromatic rings. The molecule has 0 bridgehead atoms. The molecule has 1 aromatic heterocycles. The zero-order valence-electron chi connectivity index (χ0n) is 11.6. The molecule has 0 aliphatic heterocycles. The second-order valence-corrected chi connectivity index (χ2v) is 5.02. The fraction of sp³-hybridized carbons (Fsp3) is 0.500. The monoisotopic (exact) mass is 245 g/mol. The predicted molar refractivity (Wildman–Crippen MR) is 77.0 cm³/mol. The van der Waals surface area contributed by atoms with Crippen molar-refractivity contribution in [2.45, 2.75) is 45.6 Å². The van der Waals surface area contributed by atoms with Crippen LogP contribution in [0.3, 0.4) is 0 Å². The molecule has 0 aliphatic carbocycles. The van der Waals surface area contributed by atoms with Gasteiger partial charge in [0.2, 0.25) is 0 Å². The summed E-state index contributed by atoms with van der Waals surface area (Å²) in [6.07, 6.45) is 4.61. The topological polar surface area (TPSA) is 25.2 Å². The summed E-state index contributed by atoms with van der Waals surface area (Å²) >= 11 is 0. The van der Waals surface area contributed by atoms with Crippen LogP contribution >= 0.6 is 0 Å². The normalized spacial score (nSPS) is 13.1. The summed E-state index contributed by atoms with van der Waals surface area (Å²) in [5.41, 5.74) is 2.27. The number of rotatable bonds is 6. The Kier molecular flexibility index (Phi) is 4.43. The van der Waals surface area contributed by atoms with Gasteiger partial charge in [0, 0.05) is 17.8 Å². The average Bonchev–Trinajstić information content (AvgIpc) is 2.79. The Hall–Kier alpha value is -1.28. The van der Waals surface area contributed by atoms with E-state index in [0.717, 1.165) is 24.2 Å². The SMILES string of the molecule is CCCC(CCc1cc2cccc(C)c2o1)NC. The third-order valence-corrected chi connectivity index (χ3v) is 3.58. The summed E-state index contributed by atoms with van der Waals surface area (Å²) in [6, 6.07) is 9.09. The van der Waals surface area contributed by atoms with Gasteiger partial charge in [-0.2, -0.15) is 0 Å². The second kappa shape index (κ2) is 6.05. The largest absolute Gasteiger partial charge is 0.461 e. The van der Waals surface area contributed by atoms with Gasteiger partial charge in [0.1, 0.15) is 11.3 Å². The number of nitrogens with one attached hydrogen (secondary N) is 1. The fourth-order valence-electron chi connectivity index (χ4n) is 2.48. The number of benzene rings is 1. The average molecular weight is 245 g/mol. The number of para-hydroxylation sites is 1. The molecule has 1 N–H and O–H groups in total. The van der Waals surface area contributed by atoms with Crippen LogP contribution in [0.25, 0.3) is 11.0 Å². The van der Waals surface area contributed by atoms with E-state index in [2.05, 4.69) is 43.4 Å². The Balaban J connectivity index is 2.06. The highest BCUT2D eigenvalue weighted by molar-refractivity contribution is 5.80. The van der Waals surface area contributed by atoms with E-state index in [-0.39, 0.29) is 0 Å². The first-order valence-corrected chi connectivity index (χ1v) is 6.90. The summed E-state index contributed by atoms with van der Waals surface area (Å²) in [4.78, 5) is 0. The predicted octanol–water partition coefficient (Wildman–Crippen LogP) is 4.06. The van der Waals surface area contributed by atoms with Crippen LogP contribution in [-0.2, 0) is 6.42 Å². The van der Waals surface area contributed by atoms with Crippen LogP contribution in [0.4, 0.5) is 0 Å². The highest BCUT2D eigenvalue weighted by Gasteiger charge is 2.09. The van der Waals surface area contributed by atoms with Crippen molar-refractivity contribution >= 4 is 11.0 Å². The zero-order chi connectivity index (χ0) is 13.0. The van der Waals surface area contributed by atoms with Gasteiger partial charge in [0.25, 0.3) is 0 Å². The Labute approximate surface area is 109 Å². The van der Waals surface area contributed by atoms with Crippen LogP contribution in [-0.4, -0.2) is 13.1 Å². The smallest absolute Gasteiger partial charge is 0.137 e. The molecule has 0 spiro atoms. The summed E-state index contributed by atoms with van der Waals surface area (Å²) in [6.45, 7) is 4.33. The lowest BCUT2D eigenvalue weighted by Gasteiger charge is -2.13. The molecule has 1 aromatic carbocycles. The molecule has 1 heterocycles. The molecular weight excluding hydrogens is 222 g/mol. The molecular formula is C16H23NO. The molecule has 98 valence electrons. The molecule has 18 heavy (non-hydrogen) atoms. The lowest BCUT2D eigenvalue weighted by molar-refractivity contribution is 0.454. The molecule has 0 amide bonds. The maximum absolute atomic E-state index is 5.94. The Bertz CT molecular complexity index is 501. The Morgan fingerprint density at radius 3 is 2.78 bits per heavy atom. The molecule has 2 nitrogen and oxygen atoms in total. The molecule has 1 atom stereocenters. The van der Waals surface area contributed by atoms with Crippen LogP contribution < -0.4 is 5.32 Å². The van der Waals surface area contributed by atoms with E-state index in [4.69, 9.17) is 4.42 Å². The lowest BCUT2D eigenvalue weighted by atomic mass is 10.1. The zero-order valence-corrected chi connectivity index (χ0v) is 11.6. The number of furan rings is 1. The van der Waals surface area contributed by atoms with E-state index in [1.165, 1.54) is 23.8 Å². The number of hydrogen-bond acceptors (Lipinski definition) is 2.